The highest BCUT2D eigenvalue weighted by Gasteiger charge is 2.29. The molecule has 8 heteroatoms. The molecule has 1 N–H and O–H groups in total. The maximum atomic E-state index is 13.1. The normalized spacial score (nSPS) is 16.8. The van der Waals surface area contributed by atoms with Crippen LogP contribution in [0.15, 0.2) is 72.8 Å². The van der Waals surface area contributed by atoms with Crippen LogP contribution in [0.25, 0.3) is 0 Å². The highest BCUT2D eigenvalue weighted by Crippen LogP contribution is 2.28. The average Bonchev–Trinajstić information content (AvgIpc) is 3.34. The number of hydrogen-bond acceptors (Lipinski definition) is 4. The highest BCUT2D eigenvalue weighted by atomic mass is 19.1. The zero-order valence-corrected chi connectivity index (χ0v) is 19.7. The lowest BCUT2D eigenvalue weighted by molar-refractivity contribution is -0.132. The van der Waals surface area contributed by atoms with Crippen LogP contribution in [-0.4, -0.2) is 59.8 Å². The van der Waals surface area contributed by atoms with Gasteiger partial charge in [-0.1, -0.05) is 36.4 Å². The van der Waals surface area contributed by atoms with Crippen molar-refractivity contribution in [1.29, 1.82) is 0 Å². The largest absolute Gasteiger partial charge is 0.480 e. The third kappa shape index (κ3) is 5.22. The van der Waals surface area contributed by atoms with E-state index >= 15 is 0 Å². The molecule has 0 radical (unpaired) electrons. The standard InChI is InChI=1S/C28H26FN3O4/c29-22-10-8-19(9-11-22)16-26(33)31-12-14-32(15-13-31)28(35)21-5-3-6-23(17-21)30-27(34)25-18-20-4-1-2-7-24(20)36-25/h1-11,17,25H,12-16,18H2,(H,30,34). The summed E-state index contributed by atoms with van der Waals surface area (Å²) in [5, 5.41) is 2.85. The molecule has 0 aromatic heterocycles. The lowest BCUT2D eigenvalue weighted by Gasteiger charge is -2.35. The lowest BCUT2D eigenvalue weighted by atomic mass is 10.1. The van der Waals surface area contributed by atoms with Crippen LogP contribution in [-0.2, 0) is 22.4 Å². The molecule has 36 heavy (non-hydrogen) atoms. The number of anilines is 1. The van der Waals surface area contributed by atoms with Crippen LogP contribution < -0.4 is 10.1 Å². The molecular formula is C28H26FN3O4. The molecular weight excluding hydrogens is 461 g/mol. The summed E-state index contributed by atoms with van der Waals surface area (Å²) in [5.74, 6) is -0.0729. The third-order valence-corrected chi connectivity index (χ3v) is 6.50. The first-order valence-corrected chi connectivity index (χ1v) is 11.9. The number of fused-ring (bicyclic) bond motifs is 1. The highest BCUT2D eigenvalue weighted by molar-refractivity contribution is 5.98. The molecule has 7 nitrogen and oxygen atoms in total. The summed E-state index contributed by atoms with van der Waals surface area (Å²) < 4.78 is 18.8. The summed E-state index contributed by atoms with van der Waals surface area (Å²) in [6.45, 7) is 1.70. The number of para-hydroxylation sites is 1. The van der Waals surface area contributed by atoms with E-state index in [0.29, 0.717) is 43.9 Å². The number of benzene rings is 3. The first kappa shape index (κ1) is 23.5. The molecule has 3 aromatic carbocycles. The summed E-state index contributed by atoms with van der Waals surface area (Å²) in [6, 6.07) is 20.3. The van der Waals surface area contributed by atoms with Crippen LogP contribution in [0.1, 0.15) is 21.5 Å². The van der Waals surface area contributed by atoms with Gasteiger partial charge in [0, 0.05) is 43.9 Å². The summed E-state index contributed by atoms with van der Waals surface area (Å²) in [6.07, 6.45) is 0.0959. The Morgan fingerprint density at radius 1 is 0.889 bits per heavy atom. The molecule has 2 aliphatic heterocycles. The molecule has 184 valence electrons. The zero-order chi connectivity index (χ0) is 25.1. The molecule has 2 heterocycles. The molecule has 0 bridgehead atoms. The van der Waals surface area contributed by atoms with E-state index in [1.807, 2.05) is 24.3 Å². The topological polar surface area (TPSA) is 79.0 Å². The van der Waals surface area contributed by atoms with Gasteiger partial charge in [0.1, 0.15) is 11.6 Å². The lowest BCUT2D eigenvalue weighted by Crippen LogP contribution is -2.51. The quantitative estimate of drug-likeness (QED) is 0.599. The van der Waals surface area contributed by atoms with Crippen molar-refractivity contribution < 1.29 is 23.5 Å². The number of hydrogen-bond donors (Lipinski definition) is 1. The number of rotatable bonds is 5. The van der Waals surface area contributed by atoms with Gasteiger partial charge < -0.3 is 19.9 Å². The fourth-order valence-electron chi connectivity index (χ4n) is 4.51. The Bertz CT molecular complexity index is 1260. The Labute approximate surface area is 208 Å². The Morgan fingerprint density at radius 2 is 1.61 bits per heavy atom. The van der Waals surface area contributed by atoms with E-state index in [4.69, 9.17) is 4.74 Å². The van der Waals surface area contributed by atoms with Crippen molar-refractivity contribution in [3.05, 3.63) is 95.3 Å². The summed E-state index contributed by atoms with van der Waals surface area (Å²) >= 11 is 0. The molecule has 1 fully saturated rings. The van der Waals surface area contributed by atoms with Gasteiger partial charge in [0.2, 0.25) is 5.91 Å². The Kier molecular flexibility index (Phi) is 6.66. The fraction of sp³-hybridized carbons (Fsp3) is 0.250. The van der Waals surface area contributed by atoms with E-state index in [-0.39, 0.29) is 30.0 Å². The molecule has 0 spiro atoms. The van der Waals surface area contributed by atoms with Crippen molar-refractivity contribution in [2.24, 2.45) is 0 Å². The van der Waals surface area contributed by atoms with Crippen LogP contribution in [0, 0.1) is 5.82 Å². The molecule has 3 aromatic rings. The van der Waals surface area contributed by atoms with E-state index in [0.717, 1.165) is 16.9 Å². The van der Waals surface area contributed by atoms with Crippen LogP contribution in [0.2, 0.25) is 0 Å². The Morgan fingerprint density at radius 3 is 2.36 bits per heavy atom. The van der Waals surface area contributed by atoms with Crippen molar-refractivity contribution >= 4 is 23.4 Å². The molecule has 1 atom stereocenters. The minimum Gasteiger partial charge on any atom is -0.480 e. The summed E-state index contributed by atoms with van der Waals surface area (Å²) in [4.78, 5) is 41.9. The van der Waals surface area contributed by atoms with E-state index in [2.05, 4.69) is 5.32 Å². The number of piperazine rings is 1. The van der Waals surface area contributed by atoms with Gasteiger partial charge in [0.15, 0.2) is 6.10 Å². The molecule has 2 aliphatic rings. The first-order valence-electron chi connectivity index (χ1n) is 11.9. The second kappa shape index (κ2) is 10.2. The van der Waals surface area contributed by atoms with Gasteiger partial charge >= 0.3 is 0 Å². The van der Waals surface area contributed by atoms with Crippen molar-refractivity contribution in [2.75, 3.05) is 31.5 Å². The van der Waals surface area contributed by atoms with Crippen molar-refractivity contribution in [1.82, 2.24) is 9.80 Å². The van der Waals surface area contributed by atoms with E-state index in [1.165, 1.54) is 12.1 Å². The number of carbonyl (C=O) groups excluding carboxylic acids is 3. The predicted octanol–water partition coefficient (Wildman–Crippen LogP) is 3.30. The summed E-state index contributed by atoms with van der Waals surface area (Å²) in [7, 11) is 0. The Balaban J connectivity index is 1.14. The third-order valence-electron chi connectivity index (χ3n) is 6.50. The number of ether oxygens (including phenoxy) is 1. The van der Waals surface area contributed by atoms with Gasteiger partial charge in [0.25, 0.3) is 11.8 Å². The monoisotopic (exact) mass is 487 g/mol. The number of nitrogens with zero attached hydrogens (tertiary/aromatic N) is 2. The van der Waals surface area contributed by atoms with Crippen molar-refractivity contribution in [2.45, 2.75) is 18.9 Å². The summed E-state index contributed by atoms with van der Waals surface area (Å²) in [5.41, 5.74) is 2.75. The van der Waals surface area contributed by atoms with Gasteiger partial charge in [-0.05, 0) is 47.5 Å². The van der Waals surface area contributed by atoms with Gasteiger partial charge in [-0.3, -0.25) is 14.4 Å². The smallest absolute Gasteiger partial charge is 0.265 e. The van der Waals surface area contributed by atoms with Crippen LogP contribution in [0.4, 0.5) is 10.1 Å². The minimum absolute atomic E-state index is 0.0466. The number of nitrogens with one attached hydrogen (secondary N) is 1. The van der Waals surface area contributed by atoms with Gasteiger partial charge in [-0.15, -0.1) is 0 Å². The van der Waals surface area contributed by atoms with Crippen LogP contribution >= 0.6 is 0 Å². The molecule has 5 rings (SSSR count). The number of halogens is 1. The maximum absolute atomic E-state index is 13.1. The molecule has 0 aliphatic carbocycles. The first-order chi connectivity index (χ1) is 17.5. The average molecular weight is 488 g/mol. The maximum Gasteiger partial charge on any atom is 0.265 e. The predicted molar refractivity (Wildman–Crippen MR) is 132 cm³/mol. The molecule has 3 amide bonds. The van der Waals surface area contributed by atoms with Crippen molar-refractivity contribution in [3.63, 3.8) is 0 Å². The van der Waals surface area contributed by atoms with Gasteiger partial charge in [0.05, 0.1) is 6.42 Å². The van der Waals surface area contributed by atoms with E-state index in [1.54, 1.807) is 46.2 Å². The zero-order valence-electron chi connectivity index (χ0n) is 19.7. The number of amides is 3. The second-order valence-corrected chi connectivity index (χ2v) is 8.96. The van der Waals surface area contributed by atoms with E-state index in [9.17, 15) is 18.8 Å². The van der Waals surface area contributed by atoms with Crippen LogP contribution in [0.3, 0.4) is 0 Å². The molecule has 0 saturated carbocycles. The van der Waals surface area contributed by atoms with Crippen LogP contribution in [0.5, 0.6) is 5.75 Å². The minimum atomic E-state index is -0.609. The second-order valence-electron chi connectivity index (χ2n) is 8.96. The number of carbonyl (C=O) groups is 3. The fourth-order valence-corrected chi connectivity index (χ4v) is 4.51. The SMILES string of the molecule is O=C(Nc1cccc(C(=O)N2CCN(C(=O)Cc3ccc(F)cc3)CC2)c1)C1Cc2ccccc2O1. The van der Waals surface area contributed by atoms with Gasteiger partial charge in [-0.2, -0.15) is 0 Å². The van der Waals surface area contributed by atoms with Gasteiger partial charge in [-0.25, -0.2) is 4.39 Å². The van der Waals surface area contributed by atoms with E-state index < -0.39 is 6.10 Å². The van der Waals surface area contributed by atoms with Crippen molar-refractivity contribution in [3.8, 4) is 5.75 Å². The Hall–Kier alpha value is -4.20. The molecule has 1 saturated heterocycles. The molecule has 1 unspecified atom stereocenters.